The van der Waals surface area contributed by atoms with Crippen LogP contribution >= 0.6 is 43.2 Å². The summed E-state index contributed by atoms with van der Waals surface area (Å²) in [6.07, 6.45) is -1.09. The largest absolute Gasteiger partial charge is 0.481 e. The fraction of sp³-hybridized carbons (Fsp3) is 0.581. The van der Waals surface area contributed by atoms with Crippen molar-refractivity contribution in [1.82, 2.24) is 31.9 Å². The average molecular weight is 1020 g/mol. The van der Waals surface area contributed by atoms with Crippen molar-refractivity contribution in [3.05, 3.63) is 35.9 Å². The van der Waals surface area contributed by atoms with Crippen LogP contribution in [0, 0.1) is 17.8 Å². The first kappa shape index (κ1) is 57.2. The summed E-state index contributed by atoms with van der Waals surface area (Å²) in [7, 11) is 3.69. The van der Waals surface area contributed by atoms with E-state index in [9.17, 15) is 57.8 Å². The Morgan fingerprint density at radius 1 is 0.721 bits per heavy atom. The van der Waals surface area contributed by atoms with Crippen molar-refractivity contribution in [3.8, 4) is 0 Å². The summed E-state index contributed by atoms with van der Waals surface area (Å²) >= 11 is 0. The number of amides is 6. The van der Waals surface area contributed by atoms with Crippen LogP contribution < -0.4 is 43.4 Å². The summed E-state index contributed by atoms with van der Waals surface area (Å²) in [5, 5.41) is 25.0. The number of unbranched alkanes of at least 4 members (excludes halogenated alkanes) is 1. The van der Waals surface area contributed by atoms with Crippen molar-refractivity contribution in [2.45, 2.75) is 102 Å². The smallest absolute Gasteiger partial charge is 0.304 e. The minimum atomic E-state index is -1.47. The molecule has 11 N–H and O–H groups in total. The summed E-state index contributed by atoms with van der Waals surface area (Å²) in [5.74, 6) is -11.3. The second-order valence-electron chi connectivity index (χ2n) is 16.3. The van der Waals surface area contributed by atoms with Gasteiger partial charge in [-0.05, 0) is 51.0 Å². The van der Waals surface area contributed by atoms with E-state index >= 15 is 0 Å². The first-order chi connectivity index (χ1) is 32.3. The summed E-state index contributed by atoms with van der Waals surface area (Å²) in [6.45, 7) is 2.38. The SMILES string of the molecule is CC(=O)NCCCC[C@@H]1NC(=O)SSC[C@@H](C(C)=O)NC(=O)[C@H](Cc2ccccc2)CC(=O)[C@@H]2CSSC[C@H](NC1=O)C(=O)C[C@@H](CCCN=C(N)N)C(=O)NCC(=O)C[C@@H](CC(=O)O)C(=O)N2. The molecular formula is C43H61N9O12S4. The molecule has 0 aromatic heterocycles. The maximum absolute atomic E-state index is 14.4. The zero-order chi connectivity index (χ0) is 50.2. The second kappa shape index (κ2) is 30.4. The van der Waals surface area contributed by atoms with Gasteiger partial charge in [-0.25, -0.2) is 0 Å². The Hall–Kier alpha value is -5.14. The highest BCUT2D eigenvalue weighted by Gasteiger charge is 2.35. The van der Waals surface area contributed by atoms with E-state index in [1.54, 1.807) is 30.3 Å². The second-order valence-corrected chi connectivity index (χ2v) is 21.2. The Labute approximate surface area is 410 Å². The molecule has 0 saturated carbocycles. The molecule has 2 bridgehead atoms. The van der Waals surface area contributed by atoms with Gasteiger partial charge >= 0.3 is 5.97 Å². The van der Waals surface area contributed by atoms with Crippen molar-refractivity contribution in [3.63, 3.8) is 0 Å². The Morgan fingerprint density at radius 3 is 1.97 bits per heavy atom. The van der Waals surface area contributed by atoms with Gasteiger partial charge in [0.25, 0.3) is 5.24 Å². The number of benzene rings is 1. The molecule has 21 nitrogen and oxygen atoms in total. The Bertz CT molecular complexity index is 2010. The molecule has 2 saturated heterocycles. The third-order valence-electron chi connectivity index (χ3n) is 10.7. The summed E-state index contributed by atoms with van der Waals surface area (Å²) in [6, 6.07) is 3.83. The minimum absolute atomic E-state index is 0.0444. The van der Waals surface area contributed by atoms with Gasteiger partial charge in [0.05, 0.1) is 37.0 Å². The van der Waals surface area contributed by atoms with Gasteiger partial charge in [0, 0.05) is 79.2 Å². The van der Waals surface area contributed by atoms with E-state index < -0.39 is 132 Å². The third-order valence-corrected chi connectivity index (χ3v) is 15.2. The minimum Gasteiger partial charge on any atom is -0.481 e. The number of carboxylic acid groups (broad SMARTS) is 1. The van der Waals surface area contributed by atoms with Crippen molar-refractivity contribution in [2.75, 3.05) is 36.9 Å². The highest BCUT2D eigenvalue weighted by atomic mass is 33.1. The molecule has 1 aromatic carbocycles. The van der Waals surface area contributed by atoms with Crippen molar-refractivity contribution < 1.29 is 57.8 Å². The van der Waals surface area contributed by atoms with Crippen LogP contribution in [0.4, 0.5) is 4.79 Å². The van der Waals surface area contributed by atoms with Crippen LogP contribution in [0.1, 0.15) is 77.2 Å². The van der Waals surface area contributed by atoms with E-state index in [1.165, 1.54) is 13.8 Å². The highest BCUT2D eigenvalue weighted by molar-refractivity contribution is 8.82. The van der Waals surface area contributed by atoms with Gasteiger partial charge in [-0.3, -0.25) is 57.7 Å². The summed E-state index contributed by atoms with van der Waals surface area (Å²) < 4.78 is 0. The number of Topliss-reactive ketones (excluding diaryl/α,β-unsaturated/α-hetero) is 4. The molecule has 2 fully saturated rings. The van der Waals surface area contributed by atoms with Gasteiger partial charge in [-0.2, -0.15) is 0 Å². The lowest BCUT2D eigenvalue weighted by Crippen LogP contribution is -2.52. The molecule has 0 spiro atoms. The van der Waals surface area contributed by atoms with Crippen LogP contribution in [0.3, 0.4) is 0 Å². The molecule has 0 unspecified atom stereocenters. The van der Waals surface area contributed by atoms with Gasteiger partial charge in [0.1, 0.15) is 6.04 Å². The summed E-state index contributed by atoms with van der Waals surface area (Å²) in [5.41, 5.74) is 11.6. The van der Waals surface area contributed by atoms with Gasteiger partial charge in [0.15, 0.2) is 29.1 Å². The zero-order valence-electron chi connectivity index (χ0n) is 37.9. The number of hydrogen-bond donors (Lipinski definition) is 9. The van der Waals surface area contributed by atoms with E-state index in [0.29, 0.717) is 35.7 Å². The Balaban J connectivity index is 2.13. The number of carbonyl (C=O) groups excluding carboxylic acids is 10. The van der Waals surface area contributed by atoms with Crippen LogP contribution in [0.5, 0.6) is 0 Å². The van der Waals surface area contributed by atoms with Crippen LogP contribution in [0.2, 0.25) is 0 Å². The van der Waals surface area contributed by atoms with Crippen LogP contribution in [-0.4, -0.2) is 136 Å². The van der Waals surface area contributed by atoms with E-state index in [0.717, 1.165) is 32.4 Å². The maximum Gasteiger partial charge on any atom is 0.304 e. The number of guanidine groups is 1. The van der Waals surface area contributed by atoms with Gasteiger partial charge in [0.2, 0.25) is 29.5 Å². The molecule has 2 aliphatic heterocycles. The molecule has 1 aromatic rings. The predicted octanol–water partition coefficient (Wildman–Crippen LogP) is 0.818. The number of aliphatic imine (C=N–C) groups is 1. The number of nitrogens with two attached hydrogens (primary N) is 2. The number of aliphatic carboxylic acids is 1. The van der Waals surface area contributed by atoms with Gasteiger partial charge < -0.3 is 48.5 Å². The molecule has 2 heterocycles. The molecule has 6 amide bonds. The number of nitrogens with one attached hydrogen (secondary N) is 6. The van der Waals surface area contributed by atoms with E-state index in [4.69, 9.17) is 11.5 Å². The molecule has 0 radical (unpaired) electrons. The number of nitrogens with zero attached hydrogens (tertiary/aromatic N) is 1. The first-order valence-corrected chi connectivity index (χ1v) is 26.8. The summed E-state index contributed by atoms with van der Waals surface area (Å²) in [4.78, 5) is 151. The number of fused-ring (bicyclic) bond motifs is 5. The molecule has 2 aliphatic rings. The number of hydrogen-bond acceptors (Lipinski definition) is 16. The lowest BCUT2D eigenvalue weighted by molar-refractivity contribution is -0.142. The molecule has 25 heteroatoms. The van der Waals surface area contributed by atoms with Crippen molar-refractivity contribution in [1.29, 1.82) is 0 Å². The number of rotatable bonds is 14. The van der Waals surface area contributed by atoms with Gasteiger partial charge in [-0.15, -0.1) is 0 Å². The van der Waals surface area contributed by atoms with Crippen molar-refractivity contribution in [2.24, 2.45) is 34.2 Å². The number of ketones is 4. The Kier molecular flexibility index (Phi) is 25.5. The number of carbonyl (C=O) groups is 11. The highest BCUT2D eigenvalue weighted by Crippen LogP contribution is 2.28. The van der Waals surface area contributed by atoms with E-state index in [-0.39, 0.29) is 61.4 Å². The molecule has 68 heavy (non-hydrogen) atoms. The fourth-order valence-electron chi connectivity index (χ4n) is 7.05. The Morgan fingerprint density at radius 2 is 1.35 bits per heavy atom. The topological polar surface area (TPSA) is 345 Å². The molecule has 0 aliphatic carbocycles. The lowest BCUT2D eigenvalue weighted by atomic mass is 9.90. The lowest BCUT2D eigenvalue weighted by Gasteiger charge is -2.25. The van der Waals surface area contributed by atoms with Crippen molar-refractivity contribution >= 4 is 113 Å². The quantitative estimate of drug-likeness (QED) is 0.0539. The fourth-order valence-corrected chi connectivity index (χ4v) is 11.3. The monoisotopic (exact) mass is 1020 g/mol. The molecule has 3 rings (SSSR count). The van der Waals surface area contributed by atoms with E-state index in [2.05, 4.69) is 36.9 Å². The third kappa shape index (κ3) is 21.9. The van der Waals surface area contributed by atoms with Crippen LogP contribution in [0.15, 0.2) is 35.3 Å². The number of carboxylic acids is 1. The predicted molar refractivity (Wildman–Crippen MR) is 261 cm³/mol. The van der Waals surface area contributed by atoms with Gasteiger partial charge in [-0.1, -0.05) is 62.7 Å². The molecule has 374 valence electrons. The molecule has 7 atom stereocenters. The maximum atomic E-state index is 14.4. The van der Waals surface area contributed by atoms with E-state index in [1.807, 2.05) is 0 Å². The standard InChI is InChI=1S/C43H61N9O12S4/c1-24(53)32-21-67-68-43(64)52-31(12-6-7-13-46-25(2)54)41(63)51-34-23-66-65-22-33(36(57)18-28(39(61)49-32)15-26-9-4-3-5-10-26)50-40(62)29(19-37(58)59)16-30(55)20-48-38(60)27(17-35(34)56)11-8-14-47-42(44)45/h3-5,9-10,27-29,31-34H,6-8,11-23H2,1-2H3,(H,46,54)(H,48,60)(H,49,61)(H,50,62)(H,51,63)(H,52,64)(H,58,59)(H4,44,45,47)/t27-,28-,29+,31+,32+,33+,34+/m1/s1. The molecular weight excluding hydrogens is 963 g/mol. The van der Waals surface area contributed by atoms with Crippen LogP contribution in [-0.2, 0) is 54.4 Å². The zero-order valence-corrected chi connectivity index (χ0v) is 41.2. The average Bonchev–Trinajstić information content (AvgIpc) is 3.27. The van der Waals surface area contributed by atoms with Crippen LogP contribution in [0.25, 0.3) is 0 Å². The normalized spacial score (nSPS) is 24.6. The first-order valence-electron chi connectivity index (χ1n) is 22.0.